The van der Waals surface area contributed by atoms with Crippen molar-refractivity contribution in [2.45, 2.75) is 25.9 Å². The Morgan fingerprint density at radius 2 is 2.23 bits per heavy atom. The van der Waals surface area contributed by atoms with E-state index in [0.29, 0.717) is 22.9 Å². The first-order valence-corrected chi connectivity index (χ1v) is 7.05. The summed E-state index contributed by atoms with van der Waals surface area (Å²) in [5, 5.41) is 21.0. The Kier molecular flexibility index (Phi) is 4.71. The lowest BCUT2D eigenvalue weighted by molar-refractivity contribution is 0.0364. The molecule has 1 atom stereocenters. The molecule has 0 aliphatic rings. The lowest BCUT2D eigenvalue weighted by atomic mass is 10.0. The molecule has 120 valence electrons. The average Bonchev–Trinajstić information content (AvgIpc) is 3.06. The van der Waals surface area contributed by atoms with E-state index < -0.39 is 23.1 Å². The van der Waals surface area contributed by atoms with Crippen LogP contribution in [-0.2, 0) is 5.60 Å². The average molecular weight is 332 g/mol. The van der Waals surface area contributed by atoms with Gasteiger partial charge in [-0.2, -0.15) is 0 Å². The highest BCUT2D eigenvalue weighted by atomic mass is 32.1. The molecule has 0 fully saturated rings. The third-order valence-corrected chi connectivity index (χ3v) is 3.56. The normalized spacial score (nSPS) is 13.9. The van der Waals surface area contributed by atoms with Crippen LogP contribution in [0.15, 0.2) is 16.5 Å². The number of aliphatic hydroxyl groups is 1. The Morgan fingerprint density at radius 3 is 2.77 bits per heavy atom. The molecule has 0 spiro atoms. The van der Waals surface area contributed by atoms with Crippen LogP contribution >= 0.6 is 11.3 Å². The minimum atomic E-state index is -2.74. The molecule has 0 aliphatic heterocycles. The number of hydrogen-bond acceptors (Lipinski definition) is 6. The van der Waals surface area contributed by atoms with Crippen LogP contribution in [0.1, 0.15) is 29.9 Å². The summed E-state index contributed by atoms with van der Waals surface area (Å²) in [7, 11) is 0. The van der Waals surface area contributed by atoms with Crippen molar-refractivity contribution in [3.05, 3.63) is 28.7 Å². The van der Waals surface area contributed by atoms with Gasteiger partial charge >= 0.3 is 6.03 Å². The quantitative estimate of drug-likeness (QED) is 0.781. The predicted molar refractivity (Wildman–Crippen MR) is 74.9 cm³/mol. The van der Waals surface area contributed by atoms with Crippen molar-refractivity contribution in [1.82, 2.24) is 15.5 Å². The van der Waals surface area contributed by atoms with E-state index >= 15 is 0 Å². The van der Waals surface area contributed by atoms with Crippen molar-refractivity contribution in [1.29, 1.82) is 0 Å². The highest BCUT2D eigenvalue weighted by Crippen LogP contribution is 2.25. The van der Waals surface area contributed by atoms with Crippen molar-refractivity contribution in [3.63, 3.8) is 0 Å². The number of carbonyl (C=O) groups excluding carboxylic acids is 1. The molecule has 0 bridgehead atoms. The van der Waals surface area contributed by atoms with E-state index in [1.807, 2.05) is 0 Å². The Hall–Kier alpha value is -2.07. The zero-order chi connectivity index (χ0) is 16.3. The first-order chi connectivity index (χ1) is 10.3. The first-order valence-electron chi connectivity index (χ1n) is 6.23. The number of nitrogens with zero attached hydrogens (tertiary/aromatic N) is 2. The first kappa shape index (κ1) is 16.3. The van der Waals surface area contributed by atoms with Gasteiger partial charge in [0.1, 0.15) is 17.1 Å². The van der Waals surface area contributed by atoms with Gasteiger partial charge in [0, 0.05) is 0 Å². The van der Waals surface area contributed by atoms with E-state index in [1.54, 1.807) is 19.1 Å². The molecule has 0 aromatic carbocycles. The highest BCUT2D eigenvalue weighted by Gasteiger charge is 2.27. The third-order valence-electron chi connectivity index (χ3n) is 2.71. The molecule has 10 heteroatoms. The van der Waals surface area contributed by atoms with Gasteiger partial charge in [0.05, 0.1) is 6.54 Å². The van der Waals surface area contributed by atoms with E-state index in [1.165, 1.54) is 6.92 Å². The topological polar surface area (TPSA) is 100 Å². The molecular formula is C12H14F2N4O3S. The molecule has 7 nitrogen and oxygen atoms in total. The molecule has 0 radical (unpaired) electrons. The van der Waals surface area contributed by atoms with Crippen LogP contribution in [0.4, 0.5) is 18.7 Å². The third kappa shape index (κ3) is 3.98. The summed E-state index contributed by atoms with van der Waals surface area (Å²) in [6, 6.07) is 2.60. The summed E-state index contributed by atoms with van der Waals surface area (Å²) in [5.74, 6) is 0.939. The molecule has 0 saturated carbocycles. The maximum atomic E-state index is 12.3. The molecule has 2 heterocycles. The summed E-state index contributed by atoms with van der Waals surface area (Å²) in [6.07, 6.45) is -2.74. The number of aromatic nitrogens is 2. The van der Waals surface area contributed by atoms with Crippen LogP contribution in [-0.4, -0.2) is 27.9 Å². The number of urea groups is 1. The second kappa shape index (κ2) is 6.36. The van der Waals surface area contributed by atoms with E-state index in [9.17, 15) is 18.7 Å². The van der Waals surface area contributed by atoms with E-state index in [0.717, 1.165) is 0 Å². The minimum Gasteiger partial charge on any atom is -0.463 e. The maximum absolute atomic E-state index is 12.3. The molecule has 22 heavy (non-hydrogen) atoms. The molecule has 2 aromatic rings. The van der Waals surface area contributed by atoms with Gasteiger partial charge in [0.2, 0.25) is 5.13 Å². The zero-order valence-electron chi connectivity index (χ0n) is 11.8. The molecule has 2 rings (SSSR count). The van der Waals surface area contributed by atoms with Crippen LogP contribution in [0.2, 0.25) is 0 Å². The molecule has 0 aliphatic carbocycles. The van der Waals surface area contributed by atoms with Gasteiger partial charge in [-0.3, -0.25) is 5.32 Å². The molecule has 1 unspecified atom stereocenters. The minimum absolute atomic E-state index is 0.0544. The van der Waals surface area contributed by atoms with Crippen LogP contribution in [0.3, 0.4) is 0 Å². The fourth-order valence-corrected chi connectivity index (χ4v) is 2.17. The van der Waals surface area contributed by atoms with Crippen molar-refractivity contribution in [2.75, 3.05) is 11.9 Å². The van der Waals surface area contributed by atoms with E-state index in [-0.39, 0.29) is 11.7 Å². The van der Waals surface area contributed by atoms with Gasteiger partial charge in [0.25, 0.3) is 6.43 Å². The smallest absolute Gasteiger partial charge is 0.321 e. The maximum Gasteiger partial charge on any atom is 0.321 e. The SMILES string of the molecule is Cc1ccc(C(C)(O)CNC(=O)Nc2nnc(C(F)F)s2)o1. The molecule has 2 aromatic heterocycles. The van der Waals surface area contributed by atoms with Crippen molar-refractivity contribution in [2.24, 2.45) is 0 Å². The Bertz CT molecular complexity index is 656. The molecular weight excluding hydrogens is 318 g/mol. The Morgan fingerprint density at radius 1 is 1.50 bits per heavy atom. The van der Waals surface area contributed by atoms with E-state index in [2.05, 4.69) is 20.8 Å². The number of anilines is 1. The monoisotopic (exact) mass is 332 g/mol. The van der Waals surface area contributed by atoms with Crippen LogP contribution < -0.4 is 10.6 Å². The Balaban J connectivity index is 1.89. The largest absolute Gasteiger partial charge is 0.463 e. The van der Waals surface area contributed by atoms with E-state index in [4.69, 9.17) is 4.42 Å². The number of rotatable bonds is 5. The van der Waals surface area contributed by atoms with Gasteiger partial charge in [-0.15, -0.1) is 10.2 Å². The predicted octanol–water partition coefficient (Wildman–Crippen LogP) is 2.41. The Labute approximate surface area is 128 Å². The number of amides is 2. The van der Waals surface area contributed by atoms with Crippen LogP contribution in [0, 0.1) is 6.92 Å². The van der Waals surface area contributed by atoms with Crippen LogP contribution in [0.5, 0.6) is 0 Å². The number of aryl methyl sites for hydroxylation is 1. The van der Waals surface area contributed by atoms with Gasteiger partial charge in [-0.1, -0.05) is 11.3 Å². The number of nitrogens with one attached hydrogen (secondary N) is 2. The number of carbonyl (C=O) groups is 1. The molecule has 2 amide bonds. The van der Waals surface area contributed by atoms with Crippen molar-refractivity contribution in [3.8, 4) is 0 Å². The highest BCUT2D eigenvalue weighted by molar-refractivity contribution is 7.15. The van der Waals surface area contributed by atoms with Crippen molar-refractivity contribution >= 4 is 22.5 Å². The standard InChI is InChI=1S/C12H14F2N4O3S/c1-6-3-4-7(21-6)12(2,20)5-15-10(19)16-11-18-17-9(22-11)8(13)14/h3-4,8,20H,5H2,1-2H3,(H2,15,16,18,19). The van der Waals surface area contributed by atoms with Crippen LogP contribution in [0.25, 0.3) is 0 Å². The van der Waals surface area contributed by atoms with Gasteiger partial charge in [0.15, 0.2) is 5.01 Å². The summed E-state index contributed by atoms with van der Waals surface area (Å²) in [6.45, 7) is 3.08. The zero-order valence-corrected chi connectivity index (χ0v) is 12.6. The van der Waals surface area contributed by atoms with Gasteiger partial charge in [-0.25, -0.2) is 13.6 Å². The van der Waals surface area contributed by atoms with Gasteiger partial charge < -0.3 is 14.8 Å². The molecule has 3 N–H and O–H groups in total. The summed E-state index contributed by atoms with van der Waals surface area (Å²) in [4.78, 5) is 11.7. The summed E-state index contributed by atoms with van der Waals surface area (Å²) >= 11 is 0.577. The number of furan rings is 1. The summed E-state index contributed by atoms with van der Waals surface area (Å²) in [5.41, 5.74) is -1.40. The van der Waals surface area contributed by atoms with Crippen molar-refractivity contribution < 1.29 is 23.1 Å². The summed E-state index contributed by atoms with van der Waals surface area (Å²) < 4.78 is 30.0. The fourth-order valence-electron chi connectivity index (χ4n) is 1.58. The molecule has 0 saturated heterocycles. The number of hydrogen-bond donors (Lipinski definition) is 3. The fraction of sp³-hybridized carbons (Fsp3) is 0.417. The second-order valence-corrected chi connectivity index (χ2v) is 5.75. The number of alkyl halides is 2. The lowest BCUT2D eigenvalue weighted by Crippen LogP contribution is -2.40. The second-order valence-electron chi connectivity index (χ2n) is 4.74. The lowest BCUT2D eigenvalue weighted by Gasteiger charge is -2.21. The van der Waals surface area contributed by atoms with Gasteiger partial charge in [-0.05, 0) is 26.0 Å². The number of halogens is 2.